The molecular formula is C14H11BrF2N2O2. The molecule has 0 saturated heterocycles. The van der Waals surface area contributed by atoms with E-state index in [2.05, 4.69) is 26.0 Å². The van der Waals surface area contributed by atoms with Crippen molar-refractivity contribution >= 4 is 33.2 Å². The number of hydrogen-bond donors (Lipinski definition) is 2. The first-order valence-electron chi connectivity index (χ1n) is 5.87. The van der Waals surface area contributed by atoms with Crippen LogP contribution in [0.25, 0.3) is 0 Å². The van der Waals surface area contributed by atoms with Crippen molar-refractivity contribution in [3.63, 3.8) is 0 Å². The minimum Gasteiger partial charge on any atom is -0.435 e. The third-order valence-electron chi connectivity index (χ3n) is 2.58. The minimum atomic E-state index is -2.92. The van der Waals surface area contributed by atoms with Crippen LogP contribution in [0.4, 0.5) is 20.2 Å². The van der Waals surface area contributed by atoms with Crippen LogP contribution < -0.4 is 15.8 Å². The van der Waals surface area contributed by atoms with E-state index in [9.17, 15) is 13.6 Å². The number of nitrogens with two attached hydrogens (primary N) is 1. The minimum absolute atomic E-state index is 0.0356. The monoisotopic (exact) mass is 356 g/mol. The number of nitrogen functional groups attached to an aromatic ring is 1. The number of hydrogen-bond acceptors (Lipinski definition) is 3. The summed E-state index contributed by atoms with van der Waals surface area (Å²) in [5.41, 5.74) is 6.69. The van der Waals surface area contributed by atoms with E-state index >= 15 is 0 Å². The summed E-state index contributed by atoms with van der Waals surface area (Å²) in [6, 6.07) is 10.6. The number of anilines is 2. The van der Waals surface area contributed by atoms with E-state index in [1.807, 2.05) is 0 Å². The van der Waals surface area contributed by atoms with Gasteiger partial charge in [0, 0.05) is 21.9 Å². The molecule has 0 spiro atoms. The first-order valence-corrected chi connectivity index (χ1v) is 6.66. The van der Waals surface area contributed by atoms with E-state index in [1.54, 1.807) is 24.3 Å². The first kappa shape index (κ1) is 15.2. The molecule has 0 unspecified atom stereocenters. The van der Waals surface area contributed by atoms with Crippen molar-refractivity contribution in [2.75, 3.05) is 11.1 Å². The zero-order valence-electron chi connectivity index (χ0n) is 10.6. The highest BCUT2D eigenvalue weighted by atomic mass is 79.9. The molecule has 2 aromatic rings. The molecule has 21 heavy (non-hydrogen) atoms. The van der Waals surface area contributed by atoms with Gasteiger partial charge in [0.25, 0.3) is 5.91 Å². The average Bonchev–Trinajstić information content (AvgIpc) is 2.37. The van der Waals surface area contributed by atoms with E-state index in [4.69, 9.17) is 5.73 Å². The number of carbonyl (C=O) groups excluding carboxylic acids is 1. The summed E-state index contributed by atoms with van der Waals surface area (Å²) in [5, 5.41) is 2.57. The molecule has 4 nitrogen and oxygen atoms in total. The number of carbonyl (C=O) groups is 1. The maximum atomic E-state index is 12.1. The Hall–Kier alpha value is -2.15. The summed E-state index contributed by atoms with van der Waals surface area (Å²) < 4.78 is 29.3. The number of rotatable bonds is 4. The maximum absolute atomic E-state index is 12.1. The van der Waals surface area contributed by atoms with Crippen molar-refractivity contribution in [1.29, 1.82) is 0 Å². The topological polar surface area (TPSA) is 64.4 Å². The van der Waals surface area contributed by atoms with Crippen LogP contribution in [-0.4, -0.2) is 12.5 Å². The molecule has 110 valence electrons. The van der Waals surface area contributed by atoms with Crippen molar-refractivity contribution in [1.82, 2.24) is 0 Å². The molecule has 1 amide bonds. The molecule has 0 saturated carbocycles. The highest BCUT2D eigenvalue weighted by Gasteiger charge is 2.11. The van der Waals surface area contributed by atoms with Gasteiger partial charge in [-0.05, 0) is 30.3 Å². The number of nitrogens with one attached hydrogen (secondary N) is 1. The fourth-order valence-electron chi connectivity index (χ4n) is 1.69. The average molecular weight is 357 g/mol. The van der Waals surface area contributed by atoms with E-state index in [1.165, 1.54) is 18.2 Å². The Morgan fingerprint density at radius 2 is 2.00 bits per heavy atom. The Morgan fingerprint density at radius 3 is 2.67 bits per heavy atom. The molecule has 2 aromatic carbocycles. The summed E-state index contributed by atoms with van der Waals surface area (Å²) in [6.45, 7) is -2.92. The zero-order valence-corrected chi connectivity index (χ0v) is 12.2. The summed E-state index contributed by atoms with van der Waals surface area (Å²) in [7, 11) is 0. The molecular weight excluding hydrogens is 346 g/mol. The van der Waals surface area contributed by atoms with Crippen LogP contribution in [0.1, 0.15) is 10.4 Å². The predicted molar refractivity (Wildman–Crippen MR) is 79.6 cm³/mol. The molecule has 0 aliphatic heterocycles. The van der Waals surface area contributed by atoms with Crippen LogP contribution in [-0.2, 0) is 0 Å². The van der Waals surface area contributed by atoms with Crippen LogP contribution in [0.3, 0.4) is 0 Å². The van der Waals surface area contributed by atoms with Gasteiger partial charge in [0.05, 0.1) is 5.56 Å². The quantitative estimate of drug-likeness (QED) is 0.817. The SMILES string of the molecule is Nc1cc(Br)ccc1C(=O)Nc1cccc(OC(F)F)c1. The summed E-state index contributed by atoms with van der Waals surface area (Å²) in [4.78, 5) is 12.1. The second-order valence-corrected chi connectivity index (χ2v) is 5.01. The molecule has 7 heteroatoms. The van der Waals surface area contributed by atoms with Crippen molar-refractivity contribution in [2.24, 2.45) is 0 Å². The number of alkyl halides is 2. The van der Waals surface area contributed by atoms with E-state index < -0.39 is 12.5 Å². The number of halogens is 3. The summed E-state index contributed by atoms with van der Waals surface area (Å²) in [6.07, 6.45) is 0. The van der Waals surface area contributed by atoms with E-state index in [0.717, 1.165) is 4.47 Å². The van der Waals surface area contributed by atoms with Gasteiger partial charge in [-0.15, -0.1) is 0 Å². The molecule has 0 bridgehead atoms. The van der Waals surface area contributed by atoms with Crippen LogP contribution in [0.2, 0.25) is 0 Å². The van der Waals surface area contributed by atoms with Crippen molar-refractivity contribution in [3.05, 3.63) is 52.5 Å². The Morgan fingerprint density at radius 1 is 1.24 bits per heavy atom. The van der Waals surface area contributed by atoms with Gasteiger partial charge in [0.2, 0.25) is 0 Å². The highest BCUT2D eigenvalue weighted by Crippen LogP contribution is 2.22. The standard InChI is InChI=1S/C14H11BrF2N2O2/c15-8-4-5-11(12(18)6-8)13(20)19-9-2-1-3-10(7-9)21-14(16)17/h1-7,14H,18H2,(H,19,20). The number of amides is 1. The molecule has 0 aliphatic carbocycles. The van der Waals surface area contributed by atoms with Crippen LogP contribution in [0, 0.1) is 0 Å². The molecule has 0 aliphatic rings. The lowest BCUT2D eigenvalue weighted by atomic mass is 10.1. The molecule has 3 N–H and O–H groups in total. The van der Waals surface area contributed by atoms with Gasteiger partial charge in [0.1, 0.15) is 5.75 Å². The Labute approximate surface area is 128 Å². The second-order valence-electron chi connectivity index (χ2n) is 4.09. The van der Waals surface area contributed by atoms with E-state index in [0.29, 0.717) is 16.9 Å². The lowest BCUT2D eigenvalue weighted by Gasteiger charge is -2.10. The van der Waals surface area contributed by atoms with E-state index in [-0.39, 0.29) is 5.75 Å². The molecule has 0 aromatic heterocycles. The maximum Gasteiger partial charge on any atom is 0.387 e. The number of ether oxygens (including phenoxy) is 1. The number of benzene rings is 2. The fourth-order valence-corrected chi connectivity index (χ4v) is 2.07. The van der Waals surface area contributed by atoms with Crippen molar-refractivity contribution < 1.29 is 18.3 Å². The first-order chi connectivity index (χ1) is 9.95. The Balaban J connectivity index is 2.15. The van der Waals surface area contributed by atoms with Crippen LogP contribution >= 0.6 is 15.9 Å². The second kappa shape index (κ2) is 6.53. The molecule has 0 heterocycles. The lowest BCUT2D eigenvalue weighted by molar-refractivity contribution is -0.0497. The molecule has 0 atom stereocenters. The van der Waals surface area contributed by atoms with Crippen molar-refractivity contribution in [2.45, 2.75) is 6.61 Å². The van der Waals surface area contributed by atoms with Crippen molar-refractivity contribution in [3.8, 4) is 5.75 Å². The van der Waals surface area contributed by atoms with Crippen LogP contribution in [0.5, 0.6) is 5.75 Å². The molecule has 0 radical (unpaired) electrons. The Kier molecular flexibility index (Phi) is 4.74. The largest absolute Gasteiger partial charge is 0.435 e. The van der Waals surface area contributed by atoms with Gasteiger partial charge in [-0.3, -0.25) is 4.79 Å². The third kappa shape index (κ3) is 4.16. The van der Waals surface area contributed by atoms with Gasteiger partial charge in [-0.2, -0.15) is 8.78 Å². The van der Waals surface area contributed by atoms with Gasteiger partial charge in [-0.1, -0.05) is 22.0 Å². The van der Waals surface area contributed by atoms with Crippen LogP contribution in [0.15, 0.2) is 46.9 Å². The van der Waals surface area contributed by atoms with Gasteiger partial charge >= 0.3 is 6.61 Å². The van der Waals surface area contributed by atoms with Gasteiger partial charge in [0.15, 0.2) is 0 Å². The van der Waals surface area contributed by atoms with Gasteiger partial charge < -0.3 is 15.8 Å². The zero-order chi connectivity index (χ0) is 15.4. The van der Waals surface area contributed by atoms with Gasteiger partial charge in [-0.25, -0.2) is 0 Å². The molecule has 0 fully saturated rings. The predicted octanol–water partition coefficient (Wildman–Crippen LogP) is 3.89. The summed E-state index contributed by atoms with van der Waals surface area (Å²) >= 11 is 3.25. The fraction of sp³-hybridized carbons (Fsp3) is 0.0714. The smallest absolute Gasteiger partial charge is 0.387 e. The lowest BCUT2D eigenvalue weighted by Crippen LogP contribution is -2.14. The third-order valence-corrected chi connectivity index (χ3v) is 3.07. The molecule has 2 rings (SSSR count). The Bertz CT molecular complexity index is 665. The normalized spacial score (nSPS) is 10.5. The highest BCUT2D eigenvalue weighted by molar-refractivity contribution is 9.10. The summed E-state index contributed by atoms with van der Waals surface area (Å²) in [5.74, 6) is -0.472.